The minimum atomic E-state index is -0.337. The summed E-state index contributed by atoms with van der Waals surface area (Å²) < 4.78 is 0. The highest BCUT2D eigenvalue weighted by atomic mass is 35.5. The highest BCUT2D eigenvalue weighted by molar-refractivity contribution is 6.32. The number of para-hydroxylation sites is 1. The van der Waals surface area contributed by atoms with Gasteiger partial charge in [0, 0.05) is 24.7 Å². The lowest BCUT2D eigenvalue weighted by molar-refractivity contribution is 0.0925. The molecule has 2 heterocycles. The fourth-order valence-corrected chi connectivity index (χ4v) is 2.49. The van der Waals surface area contributed by atoms with Crippen LogP contribution in [0.1, 0.15) is 20.8 Å². The topological polar surface area (TPSA) is 84.0 Å². The summed E-state index contributed by atoms with van der Waals surface area (Å²) in [6.45, 7) is 0.542. The third-order valence-corrected chi connectivity index (χ3v) is 3.83. The largest absolute Gasteiger partial charge is 0.350 e. The minimum Gasteiger partial charge on any atom is -0.350 e. The van der Waals surface area contributed by atoms with Crippen LogP contribution >= 0.6 is 11.6 Å². The summed E-state index contributed by atoms with van der Waals surface area (Å²) in [5, 5.41) is 6.51. The molecule has 1 aromatic carbocycles. The Labute approximate surface area is 149 Å². The number of carbonyl (C=O) groups excluding carboxylic acids is 2. The van der Waals surface area contributed by atoms with Crippen molar-refractivity contribution < 1.29 is 9.59 Å². The maximum Gasteiger partial charge on any atom is 0.269 e. The molecule has 0 aliphatic heterocycles. The summed E-state index contributed by atoms with van der Waals surface area (Å²) >= 11 is 5.86. The van der Waals surface area contributed by atoms with Crippen LogP contribution in [0.25, 0.3) is 10.9 Å². The number of hydrogen-bond acceptors (Lipinski definition) is 4. The van der Waals surface area contributed by atoms with Crippen molar-refractivity contribution in [2.24, 2.45) is 0 Å². The van der Waals surface area contributed by atoms with Crippen LogP contribution in [-0.2, 0) is 0 Å². The molecular weight excluding hydrogens is 340 g/mol. The Balaban J connectivity index is 1.52. The molecule has 0 unspecified atom stereocenters. The summed E-state index contributed by atoms with van der Waals surface area (Å²) in [5.41, 5.74) is 1.39. The first-order chi connectivity index (χ1) is 12.1. The first-order valence-corrected chi connectivity index (χ1v) is 8.05. The van der Waals surface area contributed by atoms with Crippen LogP contribution in [0.4, 0.5) is 0 Å². The van der Waals surface area contributed by atoms with Crippen molar-refractivity contribution in [3.05, 3.63) is 71.1 Å². The van der Waals surface area contributed by atoms with Crippen LogP contribution in [0.5, 0.6) is 0 Å². The second-order valence-corrected chi connectivity index (χ2v) is 5.60. The van der Waals surface area contributed by atoms with Crippen LogP contribution in [-0.4, -0.2) is 34.9 Å². The van der Waals surface area contributed by atoms with Crippen molar-refractivity contribution in [1.29, 1.82) is 0 Å². The van der Waals surface area contributed by atoms with Gasteiger partial charge in [-0.1, -0.05) is 35.9 Å². The molecule has 2 N–H and O–H groups in total. The Kier molecular flexibility index (Phi) is 5.20. The number of carbonyl (C=O) groups is 2. The van der Waals surface area contributed by atoms with Crippen LogP contribution < -0.4 is 10.6 Å². The molecule has 7 heteroatoms. The summed E-state index contributed by atoms with van der Waals surface area (Å²) in [5.74, 6) is -0.629. The molecular formula is C18H15ClN4O2. The molecule has 0 atom stereocenters. The normalized spacial score (nSPS) is 10.4. The van der Waals surface area contributed by atoms with Crippen LogP contribution in [0.2, 0.25) is 5.15 Å². The lowest BCUT2D eigenvalue weighted by atomic mass is 10.2. The van der Waals surface area contributed by atoms with E-state index in [-0.39, 0.29) is 30.1 Å². The van der Waals surface area contributed by atoms with Crippen LogP contribution in [0.3, 0.4) is 0 Å². The van der Waals surface area contributed by atoms with E-state index in [1.807, 2.05) is 30.3 Å². The molecule has 0 aliphatic rings. The monoisotopic (exact) mass is 354 g/mol. The number of nitrogens with one attached hydrogen (secondary N) is 2. The molecule has 0 fully saturated rings. The summed E-state index contributed by atoms with van der Waals surface area (Å²) in [4.78, 5) is 32.3. The van der Waals surface area contributed by atoms with Gasteiger partial charge in [-0.2, -0.15) is 0 Å². The first kappa shape index (κ1) is 16.9. The van der Waals surface area contributed by atoms with E-state index in [9.17, 15) is 9.59 Å². The van der Waals surface area contributed by atoms with Crippen LogP contribution in [0.15, 0.2) is 54.7 Å². The number of aromatic nitrogens is 2. The van der Waals surface area contributed by atoms with Gasteiger partial charge >= 0.3 is 0 Å². The smallest absolute Gasteiger partial charge is 0.269 e. The minimum absolute atomic E-state index is 0.143. The van der Waals surface area contributed by atoms with E-state index in [1.165, 1.54) is 6.20 Å². The lowest BCUT2D eigenvalue weighted by Gasteiger charge is -2.08. The fourth-order valence-electron chi connectivity index (χ4n) is 2.29. The van der Waals surface area contributed by atoms with E-state index < -0.39 is 0 Å². The molecule has 3 rings (SSSR count). The third kappa shape index (κ3) is 4.10. The second kappa shape index (κ2) is 7.72. The molecule has 6 nitrogen and oxygen atoms in total. The molecule has 0 radical (unpaired) electrons. The molecule has 0 bridgehead atoms. The molecule has 126 valence electrons. The van der Waals surface area contributed by atoms with Crippen molar-refractivity contribution in [2.45, 2.75) is 0 Å². The molecule has 25 heavy (non-hydrogen) atoms. The highest BCUT2D eigenvalue weighted by Crippen LogP contribution is 2.12. The van der Waals surface area contributed by atoms with E-state index in [1.54, 1.807) is 18.2 Å². The Morgan fingerprint density at radius 2 is 1.68 bits per heavy atom. The zero-order chi connectivity index (χ0) is 17.6. The number of pyridine rings is 2. The van der Waals surface area contributed by atoms with Gasteiger partial charge in [0.25, 0.3) is 11.8 Å². The zero-order valence-electron chi connectivity index (χ0n) is 13.2. The Bertz CT molecular complexity index is 930. The number of amides is 2. The molecule has 0 saturated heterocycles. The fraction of sp³-hybridized carbons (Fsp3) is 0.111. The van der Waals surface area contributed by atoms with E-state index in [0.717, 1.165) is 10.9 Å². The maximum atomic E-state index is 12.1. The number of fused-ring (bicyclic) bond motifs is 1. The van der Waals surface area contributed by atoms with Gasteiger partial charge in [-0.15, -0.1) is 0 Å². The second-order valence-electron chi connectivity index (χ2n) is 5.24. The SMILES string of the molecule is O=C(NCCNC(=O)c1cccnc1Cl)c1ccc2ccccc2n1. The average Bonchev–Trinajstić information content (AvgIpc) is 2.64. The van der Waals surface area contributed by atoms with Gasteiger partial charge < -0.3 is 10.6 Å². The standard InChI is InChI=1S/C18H15ClN4O2/c19-16-13(5-3-9-20-16)17(24)21-10-11-22-18(25)15-8-7-12-4-1-2-6-14(12)23-15/h1-9H,10-11H2,(H,21,24)(H,22,25). The Morgan fingerprint density at radius 1 is 0.920 bits per heavy atom. The van der Waals surface area contributed by atoms with Gasteiger partial charge in [0.2, 0.25) is 0 Å². The van der Waals surface area contributed by atoms with E-state index in [0.29, 0.717) is 11.3 Å². The van der Waals surface area contributed by atoms with Gasteiger partial charge in [-0.25, -0.2) is 9.97 Å². The van der Waals surface area contributed by atoms with Gasteiger partial charge in [0.05, 0.1) is 11.1 Å². The van der Waals surface area contributed by atoms with Gasteiger partial charge in [0.1, 0.15) is 10.8 Å². The number of benzene rings is 1. The van der Waals surface area contributed by atoms with Crippen molar-refractivity contribution in [2.75, 3.05) is 13.1 Å². The van der Waals surface area contributed by atoms with E-state index in [2.05, 4.69) is 20.6 Å². The van der Waals surface area contributed by atoms with E-state index in [4.69, 9.17) is 11.6 Å². The molecule has 2 aromatic heterocycles. The maximum absolute atomic E-state index is 12.1. The predicted octanol–water partition coefficient (Wildman–Crippen LogP) is 2.44. The number of nitrogens with zero attached hydrogens (tertiary/aromatic N) is 2. The van der Waals surface area contributed by atoms with E-state index >= 15 is 0 Å². The number of hydrogen-bond donors (Lipinski definition) is 2. The van der Waals surface area contributed by atoms with Crippen molar-refractivity contribution in [3.8, 4) is 0 Å². The van der Waals surface area contributed by atoms with Gasteiger partial charge in [-0.3, -0.25) is 9.59 Å². The quantitative estimate of drug-likeness (QED) is 0.544. The first-order valence-electron chi connectivity index (χ1n) is 7.68. The van der Waals surface area contributed by atoms with Gasteiger partial charge in [-0.05, 0) is 24.3 Å². The van der Waals surface area contributed by atoms with Crippen molar-refractivity contribution in [1.82, 2.24) is 20.6 Å². The molecule has 3 aromatic rings. The predicted molar refractivity (Wildman–Crippen MR) is 95.7 cm³/mol. The molecule has 0 saturated carbocycles. The van der Waals surface area contributed by atoms with Crippen molar-refractivity contribution in [3.63, 3.8) is 0 Å². The molecule has 0 spiro atoms. The van der Waals surface area contributed by atoms with Crippen molar-refractivity contribution >= 4 is 34.3 Å². The summed E-state index contributed by atoms with van der Waals surface area (Å²) in [6.07, 6.45) is 1.51. The summed E-state index contributed by atoms with van der Waals surface area (Å²) in [6, 6.07) is 14.3. The summed E-state index contributed by atoms with van der Waals surface area (Å²) in [7, 11) is 0. The molecule has 0 aliphatic carbocycles. The third-order valence-electron chi connectivity index (χ3n) is 3.53. The molecule has 2 amide bonds. The number of halogens is 1. The average molecular weight is 355 g/mol. The zero-order valence-corrected chi connectivity index (χ0v) is 14.0. The Morgan fingerprint density at radius 3 is 2.48 bits per heavy atom. The van der Waals surface area contributed by atoms with Crippen LogP contribution in [0, 0.1) is 0 Å². The lowest BCUT2D eigenvalue weighted by Crippen LogP contribution is -2.35. The number of rotatable bonds is 5. The van der Waals surface area contributed by atoms with Gasteiger partial charge in [0.15, 0.2) is 0 Å². The Hall–Kier alpha value is -2.99. The highest BCUT2D eigenvalue weighted by Gasteiger charge is 2.11.